The van der Waals surface area contributed by atoms with Crippen molar-refractivity contribution in [2.24, 2.45) is 0 Å². The van der Waals surface area contributed by atoms with Crippen LogP contribution in [0.15, 0.2) is 79.1 Å². The van der Waals surface area contributed by atoms with Gasteiger partial charge in [-0.1, -0.05) is 48.6 Å². The Bertz CT molecular complexity index is 1010. The van der Waals surface area contributed by atoms with Crippen LogP contribution in [0, 0.1) is 0 Å². The lowest BCUT2D eigenvalue weighted by molar-refractivity contribution is 0.475. The standard InChI is InChI=1S/C21H16N2O/c24-19-12-10-16(11-13-19)8-9-17-4-3-5-18(14-17)23-15-22-20-6-1-2-7-21(20)23/h1-15,24H/b9-8+. The predicted octanol–water partition coefficient (Wildman–Crippen LogP) is 4.90. The van der Waals surface area contributed by atoms with Gasteiger partial charge in [-0.15, -0.1) is 0 Å². The van der Waals surface area contributed by atoms with Crippen LogP contribution in [0.3, 0.4) is 0 Å². The van der Waals surface area contributed by atoms with Gasteiger partial charge in [0.2, 0.25) is 0 Å². The SMILES string of the molecule is Oc1ccc(/C=C/c2cccc(-n3cnc4ccccc43)c2)cc1. The minimum absolute atomic E-state index is 0.279. The number of fused-ring (bicyclic) bond motifs is 1. The van der Waals surface area contributed by atoms with Gasteiger partial charge < -0.3 is 5.11 Å². The van der Waals surface area contributed by atoms with Crippen molar-refractivity contribution in [1.82, 2.24) is 9.55 Å². The van der Waals surface area contributed by atoms with E-state index in [1.54, 1.807) is 12.1 Å². The van der Waals surface area contributed by atoms with Crippen molar-refractivity contribution in [3.63, 3.8) is 0 Å². The number of benzene rings is 3. The molecule has 0 bridgehead atoms. The van der Waals surface area contributed by atoms with Crippen molar-refractivity contribution in [1.29, 1.82) is 0 Å². The smallest absolute Gasteiger partial charge is 0.115 e. The molecule has 1 heterocycles. The van der Waals surface area contributed by atoms with Crippen LogP contribution in [0.2, 0.25) is 0 Å². The van der Waals surface area contributed by atoms with Crippen LogP contribution in [0.1, 0.15) is 11.1 Å². The maximum atomic E-state index is 9.34. The monoisotopic (exact) mass is 312 g/mol. The van der Waals surface area contributed by atoms with E-state index < -0.39 is 0 Å². The van der Waals surface area contributed by atoms with Crippen LogP contribution >= 0.6 is 0 Å². The first kappa shape index (κ1) is 14.3. The Labute approximate surface area is 140 Å². The summed E-state index contributed by atoms with van der Waals surface area (Å²) in [7, 11) is 0. The van der Waals surface area contributed by atoms with E-state index in [9.17, 15) is 5.11 Å². The van der Waals surface area contributed by atoms with Crippen LogP contribution < -0.4 is 0 Å². The Hall–Kier alpha value is -3.33. The zero-order valence-electron chi connectivity index (χ0n) is 13.0. The second-order valence-corrected chi connectivity index (χ2v) is 5.62. The van der Waals surface area contributed by atoms with E-state index in [4.69, 9.17) is 0 Å². The number of aromatic nitrogens is 2. The zero-order chi connectivity index (χ0) is 16.4. The number of phenolic OH excluding ortho intramolecular Hbond substituents is 1. The lowest BCUT2D eigenvalue weighted by atomic mass is 10.1. The third-order valence-corrected chi connectivity index (χ3v) is 3.96. The quantitative estimate of drug-likeness (QED) is 0.546. The highest BCUT2D eigenvalue weighted by Gasteiger charge is 2.03. The number of para-hydroxylation sites is 2. The zero-order valence-corrected chi connectivity index (χ0v) is 13.0. The van der Waals surface area contributed by atoms with E-state index in [2.05, 4.69) is 39.9 Å². The summed E-state index contributed by atoms with van der Waals surface area (Å²) in [6, 6.07) is 23.6. The second kappa shape index (κ2) is 6.05. The number of hydrogen-bond acceptors (Lipinski definition) is 2. The van der Waals surface area contributed by atoms with E-state index in [1.165, 1.54) is 0 Å². The van der Waals surface area contributed by atoms with Crippen LogP contribution in [-0.4, -0.2) is 14.7 Å². The number of aromatic hydroxyl groups is 1. The lowest BCUT2D eigenvalue weighted by Crippen LogP contribution is -1.91. The van der Waals surface area contributed by atoms with Gasteiger partial charge >= 0.3 is 0 Å². The summed E-state index contributed by atoms with van der Waals surface area (Å²) < 4.78 is 2.09. The Kier molecular flexibility index (Phi) is 3.60. The van der Waals surface area contributed by atoms with Gasteiger partial charge in [-0.2, -0.15) is 0 Å². The minimum atomic E-state index is 0.279. The molecule has 3 heteroatoms. The second-order valence-electron chi connectivity index (χ2n) is 5.62. The van der Waals surface area contributed by atoms with Gasteiger partial charge in [0.25, 0.3) is 0 Å². The van der Waals surface area contributed by atoms with Crippen LogP contribution in [0.5, 0.6) is 5.75 Å². The van der Waals surface area contributed by atoms with Gasteiger partial charge in [0.1, 0.15) is 12.1 Å². The molecule has 0 spiro atoms. The highest BCUT2D eigenvalue weighted by atomic mass is 16.3. The fourth-order valence-corrected chi connectivity index (χ4v) is 2.72. The molecule has 24 heavy (non-hydrogen) atoms. The summed E-state index contributed by atoms with van der Waals surface area (Å²) in [4.78, 5) is 4.45. The first-order valence-electron chi connectivity index (χ1n) is 7.79. The highest BCUT2D eigenvalue weighted by molar-refractivity contribution is 5.78. The number of nitrogens with zero attached hydrogens (tertiary/aromatic N) is 2. The first-order chi connectivity index (χ1) is 11.8. The van der Waals surface area contributed by atoms with Crippen molar-refractivity contribution in [2.45, 2.75) is 0 Å². The van der Waals surface area contributed by atoms with Gasteiger partial charge in [-0.3, -0.25) is 4.57 Å². The van der Waals surface area contributed by atoms with Crippen LogP contribution in [0.4, 0.5) is 0 Å². The van der Waals surface area contributed by atoms with Crippen LogP contribution in [0.25, 0.3) is 28.9 Å². The molecule has 4 aromatic rings. The van der Waals surface area contributed by atoms with Gasteiger partial charge in [0, 0.05) is 5.69 Å². The van der Waals surface area contributed by atoms with Crippen molar-refractivity contribution < 1.29 is 5.11 Å². The summed E-state index contributed by atoms with van der Waals surface area (Å²) in [6.07, 6.45) is 5.95. The molecule has 0 aliphatic carbocycles. The molecular weight excluding hydrogens is 296 g/mol. The number of phenols is 1. The van der Waals surface area contributed by atoms with Crippen molar-refractivity contribution in [3.05, 3.63) is 90.3 Å². The number of rotatable bonds is 3. The largest absolute Gasteiger partial charge is 0.508 e. The summed E-state index contributed by atoms with van der Waals surface area (Å²) in [5.74, 6) is 0.279. The molecule has 1 N–H and O–H groups in total. The van der Waals surface area contributed by atoms with Crippen molar-refractivity contribution >= 4 is 23.2 Å². The third-order valence-electron chi connectivity index (χ3n) is 3.96. The maximum Gasteiger partial charge on any atom is 0.115 e. The van der Waals surface area contributed by atoms with E-state index >= 15 is 0 Å². The number of hydrogen-bond donors (Lipinski definition) is 1. The molecule has 0 saturated carbocycles. The third kappa shape index (κ3) is 2.79. The average molecular weight is 312 g/mol. The Morgan fingerprint density at radius 2 is 1.58 bits per heavy atom. The molecular formula is C21H16N2O. The Morgan fingerprint density at radius 1 is 0.792 bits per heavy atom. The summed E-state index contributed by atoms with van der Waals surface area (Å²) in [5, 5.41) is 9.34. The molecule has 1 aromatic heterocycles. The fraction of sp³-hybridized carbons (Fsp3) is 0. The summed E-state index contributed by atoms with van der Waals surface area (Å²) >= 11 is 0. The Balaban J connectivity index is 1.67. The molecule has 0 saturated heterocycles. The maximum absolute atomic E-state index is 9.34. The molecule has 0 fully saturated rings. The highest BCUT2D eigenvalue weighted by Crippen LogP contribution is 2.20. The van der Waals surface area contributed by atoms with Gasteiger partial charge in [-0.05, 0) is 47.5 Å². The molecule has 0 atom stereocenters. The first-order valence-corrected chi connectivity index (χ1v) is 7.79. The van der Waals surface area contributed by atoms with E-state index in [0.717, 1.165) is 27.8 Å². The topological polar surface area (TPSA) is 38.0 Å². The lowest BCUT2D eigenvalue weighted by Gasteiger charge is -2.05. The average Bonchev–Trinajstić information content (AvgIpc) is 3.06. The summed E-state index contributed by atoms with van der Waals surface area (Å²) in [5.41, 5.74) is 5.32. The molecule has 0 unspecified atom stereocenters. The van der Waals surface area contributed by atoms with E-state index in [0.29, 0.717) is 0 Å². The summed E-state index contributed by atoms with van der Waals surface area (Å²) in [6.45, 7) is 0. The minimum Gasteiger partial charge on any atom is -0.508 e. The normalized spacial score (nSPS) is 11.3. The molecule has 0 amide bonds. The van der Waals surface area contributed by atoms with Gasteiger partial charge in [-0.25, -0.2) is 4.98 Å². The van der Waals surface area contributed by atoms with E-state index in [-0.39, 0.29) is 5.75 Å². The predicted molar refractivity (Wildman–Crippen MR) is 98.1 cm³/mol. The molecule has 116 valence electrons. The molecule has 0 radical (unpaired) electrons. The molecule has 3 nitrogen and oxygen atoms in total. The fourth-order valence-electron chi connectivity index (χ4n) is 2.72. The van der Waals surface area contributed by atoms with E-state index in [1.807, 2.05) is 48.8 Å². The van der Waals surface area contributed by atoms with Crippen molar-refractivity contribution in [3.8, 4) is 11.4 Å². The molecule has 3 aromatic carbocycles. The molecule has 0 aliphatic rings. The molecule has 0 aliphatic heterocycles. The molecule has 4 rings (SSSR count). The number of imidazole rings is 1. The van der Waals surface area contributed by atoms with Crippen molar-refractivity contribution in [2.75, 3.05) is 0 Å². The van der Waals surface area contributed by atoms with Crippen LogP contribution in [-0.2, 0) is 0 Å². The van der Waals surface area contributed by atoms with Gasteiger partial charge in [0.15, 0.2) is 0 Å². The Morgan fingerprint density at radius 3 is 2.46 bits per heavy atom. The van der Waals surface area contributed by atoms with Gasteiger partial charge in [0.05, 0.1) is 11.0 Å².